The van der Waals surface area contributed by atoms with Gasteiger partial charge in [-0.1, -0.05) is 32.0 Å². The molecule has 1 aliphatic heterocycles. The second-order valence-corrected chi connectivity index (χ2v) is 9.23. The smallest absolute Gasteiger partial charge is 0.243 e. The van der Waals surface area contributed by atoms with Crippen LogP contribution in [0.5, 0.6) is 0 Å². The van der Waals surface area contributed by atoms with Gasteiger partial charge in [0.15, 0.2) is 0 Å². The van der Waals surface area contributed by atoms with Gasteiger partial charge in [-0.2, -0.15) is 0 Å². The molecule has 8 heteroatoms. The third-order valence-electron chi connectivity index (χ3n) is 4.90. The average molecular weight is 396 g/mol. The molecule has 1 heterocycles. The summed E-state index contributed by atoms with van der Waals surface area (Å²) in [7, 11) is -3.63. The van der Waals surface area contributed by atoms with Crippen molar-refractivity contribution in [3.05, 3.63) is 29.3 Å². The summed E-state index contributed by atoms with van der Waals surface area (Å²) in [6.45, 7) is 8.92. The van der Waals surface area contributed by atoms with Crippen LogP contribution in [-0.2, 0) is 19.6 Å². The summed E-state index contributed by atoms with van der Waals surface area (Å²) in [4.78, 5) is 27.6. The number of nitrogens with zero attached hydrogens (tertiary/aromatic N) is 3. The lowest BCUT2D eigenvalue weighted by molar-refractivity contribution is -0.137. The normalized spacial score (nSPS) is 15.2. The third-order valence-corrected chi connectivity index (χ3v) is 6.01. The SMILES string of the molecule is CC(=O)N1CCN(C(=O)CN(c2c(C)cccc2C(C)C)S(C)(=O)=O)CC1. The van der Waals surface area contributed by atoms with E-state index in [9.17, 15) is 18.0 Å². The standard InChI is InChI=1S/C19H29N3O4S/c1-14(2)17-8-6-7-15(3)19(17)22(27(5,25)26)13-18(24)21-11-9-20(10-12-21)16(4)23/h6-8,14H,9-13H2,1-5H3. The molecule has 0 bridgehead atoms. The molecule has 27 heavy (non-hydrogen) atoms. The van der Waals surface area contributed by atoms with Crippen molar-refractivity contribution >= 4 is 27.5 Å². The molecule has 0 N–H and O–H groups in total. The van der Waals surface area contributed by atoms with E-state index in [1.165, 1.54) is 11.2 Å². The number of sulfonamides is 1. The molecule has 0 saturated carbocycles. The summed E-state index contributed by atoms with van der Waals surface area (Å²) in [6.07, 6.45) is 1.13. The van der Waals surface area contributed by atoms with Crippen molar-refractivity contribution in [3.8, 4) is 0 Å². The van der Waals surface area contributed by atoms with Crippen LogP contribution in [0.3, 0.4) is 0 Å². The fourth-order valence-corrected chi connectivity index (χ4v) is 4.27. The van der Waals surface area contributed by atoms with Crippen LogP contribution >= 0.6 is 0 Å². The molecule has 0 radical (unpaired) electrons. The number of hydrogen-bond donors (Lipinski definition) is 0. The number of rotatable bonds is 5. The van der Waals surface area contributed by atoms with Crippen molar-refractivity contribution in [2.24, 2.45) is 0 Å². The number of para-hydroxylation sites is 1. The Labute approximate surface area is 162 Å². The molecule has 0 unspecified atom stereocenters. The second kappa shape index (κ2) is 8.29. The van der Waals surface area contributed by atoms with Gasteiger partial charge in [-0.05, 0) is 24.0 Å². The molecule has 1 saturated heterocycles. The quantitative estimate of drug-likeness (QED) is 0.758. The van der Waals surface area contributed by atoms with Gasteiger partial charge in [0.2, 0.25) is 21.8 Å². The van der Waals surface area contributed by atoms with Crippen LogP contribution in [0.4, 0.5) is 5.69 Å². The molecule has 0 spiro atoms. The van der Waals surface area contributed by atoms with Crippen LogP contribution in [0.15, 0.2) is 18.2 Å². The highest BCUT2D eigenvalue weighted by Gasteiger charge is 2.29. The molecule has 0 aromatic heterocycles. The van der Waals surface area contributed by atoms with E-state index >= 15 is 0 Å². The van der Waals surface area contributed by atoms with E-state index in [0.717, 1.165) is 17.4 Å². The maximum Gasteiger partial charge on any atom is 0.243 e. The molecule has 0 atom stereocenters. The molecule has 1 aromatic carbocycles. The number of benzene rings is 1. The Hall–Kier alpha value is -2.09. The summed E-state index contributed by atoms with van der Waals surface area (Å²) in [5.41, 5.74) is 2.31. The van der Waals surface area contributed by atoms with Gasteiger partial charge >= 0.3 is 0 Å². The van der Waals surface area contributed by atoms with E-state index in [0.29, 0.717) is 31.9 Å². The second-order valence-electron chi connectivity index (χ2n) is 7.32. The van der Waals surface area contributed by atoms with Crippen LogP contribution in [0.2, 0.25) is 0 Å². The molecule has 7 nitrogen and oxygen atoms in total. The minimum atomic E-state index is -3.63. The zero-order valence-electron chi connectivity index (χ0n) is 16.7. The number of aryl methyl sites for hydroxylation is 1. The van der Waals surface area contributed by atoms with E-state index in [2.05, 4.69) is 0 Å². The minimum absolute atomic E-state index is 0.0126. The molecule has 1 aromatic rings. The number of carbonyl (C=O) groups is 2. The highest BCUT2D eigenvalue weighted by molar-refractivity contribution is 7.92. The van der Waals surface area contributed by atoms with Gasteiger partial charge in [0.05, 0.1) is 11.9 Å². The van der Waals surface area contributed by atoms with Crippen molar-refractivity contribution in [3.63, 3.8) is 0 Å². The fourth-order valence-electron chi connectivity index (χ4n) is 3.34. The Morgan fingerprint density at radius 1 is 1.11 bits per heavy atom. The van der Waals surface area contributed by atoms with Gasteiger partial charge in [0, 0.05) is 33.1 Å². The maximum atomic E-state index is 12.8. The zero-order chi connectivity index (χ0) is 20.4. The van der Waals surface area contributed by atoms with E-state index in [-0.39, 0.29) is 24.3 Å². The van der Waals surface area contributed by atoms with Gasteiger partial charge in [-0.25, -0.2) is 8.42 Å². The van der Waals surface area contributed by atoms with Crippen LogP contribution in [0, 0.1) is 6.92 Å². The summed E-state index contributed by atoms with van der Waals surface area (Å²) < 4.78 is 26.3. The van der Waals surface area contributed by atoms with Crippen molar-refractivity contribution in [1.29, 1.82) is 0 Å². The van der Waals surface area contributed by atoms with Crippen molar-refractivity contribution in [2.75, 3.05) is 43.3 Å². The van der Waals surface area contributed by atoms with E-state index in [1.54, 1.807) is 9.80 Å². The Kier molecular flexibility index (Phi) is 6.51. The lowest BCUT2D eigenvalue weighted by atomic mass is 9.98. The highest BCUT2D eigenvalue weighted by atomic mass is 32.2. The summed E-state index contributed by atoms with van der Waals surface area (Å²) in [6, 6.07) is 5.66. The summed E-state index contributed by atoms with van der Waals surface area (Å²) >= 11 is 0. The predicted octanol–water partition coefficient (Wildman–Crippen LogP) is 1.58. The lowest BCUT2D eigenvalue weighted by Gasteiger charge is -2.36. The summed E-state index contributed by atoms with van der Waals surface area (Å²) in [5, 5.41) is 0. The van der Waals surface area contributed by atoms with E-state index < -0.39 is 10.0 Å². The van der Waals surface area contributed by atoms with Crippen molar-refractivity contribution in [1.82, 2.24) is 9.80 Å². The van der Waals surface area contributed by atoms with E-state index in [1.807, 2.05) is 39.0 Å². The Bertz CT molecular complexity index is 812. The van der Waals surface area contributed by atoms with Gasteiger partial charge in [-0.3, -0.25) is 13.9 Å². The molecular weight excluding hydrogens is 366 g/mol. The van der Waals surface area contributed by atoms with Crippen molar-refractivity contribution < 1.29 is 18.0 Å². The molecule has 150 valence electrons. The van der Waals surface area contributed by atoms with Gasteiger partial charge in [0.1, 0.15) is 6.54 Å². The molecule has 2 rings (SSSR count). The topological polar surface area (TPSA) is 78.0 Å². The lowest BCUT2D eigenvalue weighted by Crippen LogP contribution is -2.52. The number of hydrogen-bond acceptors (Lipinski definition) is 4. The largest absolute Gasteiger partial charge is 0.339 e. The van der Waals surface area contributed by atoms with Crippen LogP contribution in [0.25, 0.3) is 0 Å². The van der Waals surface area contributed by atoms with Gasteiger partial charge in [-0.15, -0.1) is 0 Å². The molecule has 0 aliphatic carbocycles. The number of amides is 2. The number of piperazine rings is 1. The first-order chi connectivity index (χ1) is 12.5. The van der Waals surface area contributed by atoms with Gasteiger partial charge in [0.25, 0.3) is 0 Å². The minimum Gasteiger partial charge on any atom is -0.339 e. The molecule has 1 aliphatic rings. The Balaban J connectivity index is 2.28. The molecule has 2 amide bonds. The first-order valence-corrected chi connectivity index (χ1v) is 11.0. The average Bonchev–Trinajstić information content (AvgIpc) is 2.58. The third kappa shape index (κ3) is 5.00. The monoisotopic (exact) mass is 395 g/mol. The van der Waals surface area contributed by atoms with Crippen LogP contribution in [-0.4, -0.2) is 69.0 Å². The Morgan fingerprint density at radius 2 is 1.67 bits per heavy atom. The Morgan fingerprint density at radius 3 is 2.15 bits per heavy atom. The number of carbonyl (C=O) groups excluding carboxylic acids is 2. The fraction of sp³-hybridized carbons (Fsp3) is 0.579. The zero-order valence-corrected chi connectivity index (χ0v) is 17.5. The number of anilines is 1. The first-order valence-electron chi connectivity index (χ1n) is 9.13. The highest BCUT2D eigenvalue weighted by Crippen LogP contribution is 2.32. The van der Waals surface area contributed by atoms with Crippen LogP contribution in [0.1, 0.15) is 37.8 Å². The predicted molar refractivity (Wildman–Crippen MR) is 106 cm³/mol. The maximum absolute atomic E-state index is 12.8. The van der Waals surface area contributed by atoms with Crippen molar-refractivity contribution in [2.45, 2.75) is 33.6 Å². The van der Waals surface area contributed by atoms with Crippen LogP contribution < -0.4 is 4.31 Å². The van der Waals surface area contributed by atoms with E-state index in [4.69, 9.17) is 0 Å². The summed E-state index contributed by atoms with van der Waals surface area (Å²) in [5.74, 6) is -0.138. The molecular formula is C19H29N3O4S. The molecule has 1 fully saturated rings. The first kappa shape index (κ1) is 21.2. The van der Waals surface area contributed by atoms with Gasteiger partial charge < -0.3 is 9.80 Å².